The highest BCUT2D eigenvalue weighted by atomic mass is 35.5. The standard InChI is InChI=1S/C24H17Cl3N2O3/c1-31-23-9-16(4-7-22(23)32-14-15-2-5-18(25)6-3-15)8-17(13-28)24(30)29-21-11-19(26)10-20(27)12-21/h2-12H,14H2,1H3,(H,29,30)/b17-8-. The fraction of sp³-hybridized carbons (Fsp3) is 0.0833. The van der Waals surface area contributed by atoms with Crippen LogP contribution in [0.2, 0.25) is 15.1 Å². The van der Waals surface area contributed by atoms with Crippen molar-refractivity contribution >= 4 is 52.5 Å². The molecule has 1 N–H and O–H groups in total. The number of hydrogen-bond acceptors (Lipinski definition) is 4. The maximum Gasteiger partial charge on any atom is 0.266 e. The number of halogens is 3. The monoisotopic (exact) mass is 486 g/mol. The lowest BCUT2D eigenvalue weighted by atomic mass is 10.1. The number of carbonyl (C=O) groups is 1. The number of hydrogen-bond donors (Lipinski definition) is 1. The molecular formula is C24H17Cl3N2O3. The molecule has 32 heavy (non-hydrogen) atoms. The summed E-state index contributed by atoms with van der Waals surface area (Å²) in [5, 5.41) is 13.5. The zero-order chi connectivity index (χ0) is 23.1. The summed E-state index contributed by atoms with van der Waals surface area (Å²) in [5.74, 6) is 0.399. The Labute approximate surface area is 200 Å². The molecule has 0 unspecified atom stereocenters. The number of ether oxygens (including phenoxy) is 2. The van der Waals surface area contributed by atoms with Crippen LogP contribution in [-0.4, -0.2) is 13.0 Å². The summed E-state index contributed by atoms with van der Waals surface area (Å²) in [7, 11) is 1.51. The molecule has 0 radical (unpaired) electrons. The second-order valence-corrected chi connectivity index (χ2v) is 7.92. The number of benzene rings is 3. The number of carbonyl (C=O) groups excluding carboxylic acids is 1. The summed E-state index contributed by atoms with van der Waals surface area (Å²) in [6, 6.07) is 19.0. The minimum absolute atomic E-state index is 0.0991. The van der Waals surface area contributed by atoms with Crippen LogP contribution in [0.5, 0.6) is 11.5 Å². The van der Waals surface area contributed by atoms with Crippen LogP contribution in [-0.2, 0) is 11.4 Å². The molecule has 0 atom stereocenters. The molecule has 8 heteroatoms. The lowest BCUT2D eigenvalue weighted by Gasteiger charge is -2.12. The zero-order valence-corrected chi connectivity index (χ0v) is 19.1. The number of nitrogens with zero attached hydrogens (tertiary/aromatic N) is 1. The lowest BCUT2D eigenvalue weighted by molar-refractivity contribution is -0.112. The van der Waals surface area contributed by atoms with Gasteiger partial charge in [-0.3, -0.25) is 4.79 Å². The summed E-state index contributed by atoms with van der Waals surface area (Å²) in [4.78, 5) is 12.5. The minimum atomic E-state index is -0.590. The fourth-order valence-electron chi connectivity index (χ4n) is 2.77. The Bertz CT molecular complexity index is 1180. The third-order valence-electron chi connectivity index (χ3n) is 4.29. The van der Waals surface area contributed by atoms with Gasteiger partial charge in [-0.25, -0.2) is 0 Å². The van der Waals surface area contributed by atoms with E-state index in [0.29, 0.717) is 44.4 Å². The Kier molecular flexibility index (Phi) is 8.02. The van der Waals surface area contributed by atoms with E-state index in [4.69, 9.17) is 44.3 Å². The lowest BCUT2D eigenvalue weighted by Crippen LogP contribution is -2.13. The highest BCUT2D eigenvalue weighted by Gasteiger charge is 2.12. The second-order valence-electron chi connectivity index (χ2n) is 6.61. The number of anilines is 1. The van der Waals surface area contributed by atoms with Crippen LogP contribution < -0.4 is 14.8 Å². The van der Waals surface area contributed by atoms with E-state index in [2.05, 4.69) is 5.32 Å². The average Bonchev–Trinajstić information content (AvgIpc) is 2.76. The molecule has 0 aliphatic rings. The van der Waals surface area contributed by atoms with Crippen LogP contribution in [0.1, 0.15) is 11.1 Å². The normalized spacial score (nSPS) is 10.9. The molecule has 162 valence electrons. The third-order valence-corrected chi connectivity index (χ3v) is 4.98. The molecule has 0 fully saturated rings. The van der Waals surface area contributed by atoms with Gasteiger partial charge in [0, 0.05) is 20.8 Å². The van der Waals surface area contributed by atoms with Crippen molar-refractivity contribution in [2.45, 2.75) is 6.61 Å². The highest BCUT2D eigenvalue weighted by molar-refractivity contribution is 6.35. The second kappa shape index (κ2) is 10.9. The Morgan fingerprint density at radius 1 is 0.969 bits per heavy atom. The number of amides is 1. The molecule has 0 bridgehead atoms. The largest absolute Gasteiger partial charge is 0.493 e. The Balaban J connectivity index is 1.76. The van der Waals surface area contributed by atoms with Gasteiger partial charge in [0.1, 0.15) is 18.2 Å². The molecule has 5 nitrogen and oxygen atoms in total. The summed E-state index contributed by atoms with van der Waals surface area (Å²) in [6.07, 6.45) is 1.45. The predicted molar refractivity (Wildman–Crippen MR) is 127 cm³/mol. The molecule has 0 saturated carbocycles. The summed E-state index contributed by atoms with van der Waals surface area (Å²) in [6.45, 7) is 0.330. The maximum absolute atomic E-state index is 12.5. The first-order valence-electron chi connectivity index (χ1n) is 9.32. The van der Waals surface area contributed by atoms with Crippen molar-refractivity contribution < 1.29 is 14.3 Å². The quantitative estimate of drug-likeness (QED) is 0.294. The van der Waals surface area contributed by atoms with Crippen molar-refractivity contribution in [3.63, 3.8) is 0 Å². The SMILES string of the molecule is COc1cc(/C=C(/C#N)C(=O)Nc2cc(Cl)cc(Cl)c2)ccc1OCc1ccc(Cl)cc1. The van der Waals surface area contributed by atoms with Crippen LogP contribution >= 0.6 is 34.8 Å². The first-order chi connectivity index (χ1) is 15.4. The van der Waals surface area contributed by atoms with Gasteiger partial charge in [0.2, 0.25) is 0 Å². The number of nitriles is 1. The van der Waals surface area contributed by atoms with E-state index in [1.54, 1.807) is 36.4 Å². The van der Waals surface area contributed by atoms with Gasteiger partial charge in [-0.2, -0.15) is 5.26 Å². The van der Waals surface area contributed by atoms with Gasteiger partial charge in [-0.05, 0) is 59.7 Å². The molecule has 0 saturated heterocycles. The van der Waals surface area contributed by atoms with Gasteiger partial charge in [0.05, 0.1) is 7.11 Å². The summed E-state index contributed by atoms with van der Waals surface area (Å²) in [5.41, 5.74) is 1.83. The first-order valence-corrected chi connectivity index (χ1v) is 10.5. The van der Waals surface area contributed by atoms with Gasteiger partial charge in [0.25, 0.3) is 5.91 Å². The molecule has 3 aromatic rings. The van der Waals surface area contributed by atoms with Crippen LogP contribution in [0.4, 0.5) is 5.69 Å². The van der Waals surface area contributed by atoms with Crippen molar-refractivity contribution in [2.24, 2.45) is 0 Å². The van der Waals surface area contributed by atoms with E-state index in [1.165, 1.54) is 25.3 Å². The van der Waals surface area contributed by atoms with Crippen molar-refractivity contribution in [1.29, 1.82) is 5.26 Å². The zero-order valence-electron chi connectivity index (χ0n) is 16.9. The molecular weight excluding hydrogens is 471 g/mol. The molecule has 3 aromatic carbocycles. The fourth-order valence-corrected chi connectivity index (χ4v) is 3.43. The average molecular weight is 488 g/mol. The maximum atomic E-state index is 12.5. The predicted octanol–water partition coefficient (Wildman–Crippen LogP) is 6.78. The van der Waals surface area contributed by atoms with Gasteiger partial charge >= 0.3 is 0 Å². The molecule has 0 heterocycles. The smallest absolute Gasteiger partial charge is 0.266 e. The van der Waals surface area contributed by atoms with Gasteiger partial charge in [-0.1, -0.05) is 53.0 Å². The summed E-state index contributed by atoms with van der Waals surface area (Å²) < 4.78 is 11.2. The third kappa shape index (κ3) is 6.41. The van der Waals surface area contributed by atoms with Crippen LogP contribution in [0, 0.1) is 11.3 Å². The van der Waals surface area contributed by atoms with E-state index in [0.717, 1.165) is 5.56 Å². The van der Waals surface area contributed by atoms with Crippen molar-refractivity contribution in [2.75, 3.05) is 12.4 Å². The van der Waals surface area contributed by atoms with Crippen molar-refractivity contribution in [3.05, 3.63) is 92.4 Å². The summed E-state index contributed by atoms with van der Waals surface area (Å²) >= 11 is 17.8. The molecule has 0 aliphatic heterocycles. The van der Waals surface area contributed by atoms with Crippen LogP contribution in [0.15, 0.2) is 66.2 Å². The topological polar surface area (TPSA) is 71.3 Å². The first kappa shape index (κ1) is 23.5. The molecule has 0 aromatic heterocycles. The number of methoxy groups -OCH3 is 1. The van der Waals surface area contributed by atoms with E-state index >= 15 is 0 Å². The molecule has 3 rings (SSSR count). The van der Waals surface area contributed by atoms with E-state index in [1.807, 2.05) is 18.2 Å². The number of nitrogens with one attached hydrogen (secondary N) is 1. The van der Waals surface area contributed by atoms with Gasteiger partial charge in [-0.15, -0.1) is 0 Å². The van der Waals surface area contributed by atoms with Crippen LogP contribution in [0.25, 0.3) is 6.08 Å². The van der Waals surface area contributed by atoms with Crippen LogP contribution in [0.3, 0.4) is 0 Å². The molecule has 1 amide bonds. The molecule has 0 aliphatic carbocycles. The van der Waals surface area contributed by atoms with E-state index in [-0.39, 0.29) is 5.57 Å². The minimum Gasteiger partial charge on any atom is -0.493 e. The Morgan fingerprint density at radius 2 is 1.66 bits per heavy atom. The molecule has 0 spiro atoms. The number of rotatable bonds is 7. The van der Waals surface area contributed by atoms with E-state index < -0.39 is 5.91 Å². The van der Waals surface area contributed by atoms with E-state index in [9.17, 15) is 10.1 Å². The van der Waals surface area contributed by atoms with Crippen molar-refractivity contribution in [3.8, 4) is 17.6 Å². The Morgan fingerprint density at radius 3 is 2.28 bits per heavy atom. The van der Waals surface area contributed by atoms with Crippen molar-refractivity contribution in [1.82, 2.24) is 0 Å². The van der Waals surface area contributed by atoms with Gasteiger partial charge in [0.15, 0.2) is 11.5 Å². The Hall–Kier alpha value is -3.17. The van der Waals surface area contributed by atoms with Gasteiger partial charge < -0.3 is 14.8 Å². The highest BCUT2D eigenvalue weighted by Crippen LogP contribution is 2.30.